The third kappa shape index (κ3) is 3.06. The van der Waals surface area contributed by atoms with Crippen molar-refractivity contribution in [1.82, 2.24) is 0 Å². The van der Waals surface area contributed by atoms with Crippen LogP contribution in [0.3, 0.4) is 0 Å². The fourth-order valence-electron chi connectivity index (χ4n) is 1.68. The lowest BCUT2D eigenvalue weighted by molar-refractivity contribution is 0.102. The molecule has 0 aromatic heterocycles. The van der Waals surface area contributed by atoms with Gasteiger partial charge in [0.1, 0.15) is 5.75 Å². The van der Waals surface area contributed by atoms with Gasteiger partial charge in [0.25, 0.3) is 5.91 Å². The number of aromatic hydroxyl groups is 1. The van der Waals surface area contributed by atoms with Gasteiger partial charge in [-0.2, -0.15) is 0 Å². The van der Waals surface area contributed by atoms with Gasteiger partial charge < -0.3 is 16.2 Å². The Labute approximate surface area is 119 Å². The number of halogens is 1. The molecule has 1 amide bonds. The van der Waals surface area contributed by atoms with E-state index in [0.717, 1.165) is 10.0 Å². The van der Waals surface area contributed by atoms with Crippen molar-refractivity contribution in [1.29, 1.82) is 0 Å². The molecule has 0 spiro atoms. The average molecular weight is 321 g/mol. The Morgan fingerprint density at radius 2 is 2.00 bits per heavy atom. The number of hydrogen-bond donors (Lipinski definition) is 3. The topological polar surface area (TPSA) is 75.3 Å². The highest BCUT2D eigenvalue weighted by molar-refractivity contribution is 9.10. The maximum absolute atomic E-state index is 12.1. The molecule has 2 aromatic carbocycles. The fourth-order valence-corrected chi connectivity index (χ4v) is 2.06. The van der Waals surface area contributed by atoms with E-state index in [1.54, 1.807) is 30.3 Å². The Hall–Kier alpha value is -2.01. The molecular weight excluding hydrogens is 308 g/mol. The first-order valence-electron chi connectivity index (χ1n) is 5.63. The third-order valence-electron chi connectivity index (χ3n) is 2.66. The summed E-state index contributed by atoms with van der Waals surface area (Å²) >= 11 is 3.28. The molecule has 0 aliphatic heterocycles. The van der Waals surface area contributed by atoms with Crippen LogP contribution in [0, 0.1) is 6.92 Å². The second-order valence-electron chi connectivity index (χ2n) is 4.21. The van der Waals surface area contributed by atoms with Gasteiger partial charge in [-0.25, -0.2) is 0 Å². The monoisotopic (exact) mass is 320 g/mol. The van der Waals surface area contributed by atoms with Crippen LogP contribution in [0.1, 0.15) is 15.9 Å². The third-order valence-corrected chi connectivity index (χ3v) is 3.15. The zero-order valence-corrected chi connectivity index (χ0v) is 11.9. The number of aryl methyl sites for hydroxylation is 1. The van der Waals surface area contributed by atoms with Crippen LogP contribution in [0.2, 0.25) is 0 Å². The number of benzene rings is 2. The quantitative estimate of drug-likeness (QED) is 0.587. The van der Waals surface area contributed by atoms with E-state index in [1.807, 2.05) is 6.92 Å². The van der Waals surface area contributed by atoms with Crippen molar-refractivity contribution in [3.8, 4) is 5.75 Å². The summed E-state index contributed by atoms with van der Waals surface area (Å²) in [5, 5.41) is 12.3. The Morgan fingerprint density at radius 3 is 2.68 bits per heavy atom. The summed E-state index contributed by atoms with van der Waals surface area (Å²) in [5.41, 5.74) is 7.84. The van der Waals surface area contributed by atoms with Gasteiger partial charge in [0, 0.05) is 10.2 Å². The molecule has 0 fully saturated rings. The minimum Gasteiger partial charge on any atom is -0.506 e. The van der Waals surface area contributed by atoms with Crippen molar-refractivity contribution < 1.29 is 9.90 Å². The van der Waals surface area contributed by atoms with Crippen LogP contribution in [-0.4, -0.2) is 11.0 Å². The summed E-state index contributed by atoms with van der Waals surface area (Å²) in [6.07, 6.45) is 0. The molecule has 4 nitrogen and oxygen atoms in total. The second-order valence-corrected chi connectivity index (χ2v) is 5.12. The summed E-state index contributed by atoms with van der Waals surface area (Å²) in [6, 6.07) is 10.0. The predicted octanol–water partition coefficient (Wildman–Crippen LogP) is 3.30. The molecule has 0 atom stereocenters. The first-order chi connectivity index (χ1) is 8.97. The van der Waals surface area contributed by atoms with E-state index in [1.165, 1.54) is 6.07 Å². The van der Waals surface area contributed by atoms with Crippen LogP contribution >= 0.6 is 15.9 Å². The van der Waals surface area contributed by atoms with E-state index in [9.17, 15) is 9.90 Å². The van der Waals surface area contributed by atoms with Crippen molar-refractivity contribution in [2.45, 2.75) is 6.92 Å². The highest BCUT2D eigenvalue weighted by Crippen LogP contribution is 2.26. The molecule has 2 rings (SSSR count). The normalized spacial score (nSPS) is 10.2. The van der Waals surface area contributed by atoms with E-state index >= 15 is 0 Å². The molecule has 0 heterocycles. The van der Waals surface area contributed by atoms with Crippen molar-refractivity contribution >= 4 is 33.2 Å². The van der Waals surface area contributed by atoms with Crippen LogP contribution in [0.15, 0.2) is 40.9 Å². The molecule has 0 unspecified atom stereocenters. The predicted molar refractivity (Wildman–Crippen MR) is 79.4 cm³/mol. The summed E-state index contributed by atoms with van der Waals surface area (Å²) in [4.78, 5) is 12.1. The summed E-state index contributed by atoms with van der Waals surface area (Å²) < 4.78 is 0.806. The van der Waals surface area contributed by atoms with Crippen molar-refractivity contribution in [3.63, 3.8) is 0 Å². The SMILES string of the molecule is Cc1ccc(O)c(NC(=O)c2ccc(Br)cc2N)c1. The molecular formula is C14H13BrN2O2. The van der Waals surface area contributed by atoms with E-state index < -0.39 is 0 Å². The number of nitrogen functional groups attached to an aromatic ring is 1. The number of phenolic OH excluding ortho intramolecular Hbond substituents is 1. The number of anilines is 2. The standard InChI is InChI=1S/C14H13BrN2O2/c1-8-2-5-13(18)12(6-8)17-14(19)10-4-3-9(15)7-11(10)16/h2-7,18H,16H2,1H3,(H,17,19). The summed E-state index contributed by atoms with van der Waals surface area (Å²) in [7, 11) is 0. The number of nitrogens with one attached hydrogen (secondary N) is 1. The Kier molecular flexibility index (Phi) is 3.76. The Bertz CT molecular complexity index is 641. The molecule has 5 heteroatoms. The summed E-state index contributed by atoms with van der Waals surface area (Å²) in [6.45, 7) is 1.88. The van der Waals surface area contributed by atoms with Gasteiger partial charge in [-0.1, -0.05) is 22.0 Å². The Morgan fingerprint density at radius 1 is 1.26 bits per heavy atom. The Balaban J connectivity index is 2.28. The van der Waals surface area contributed by atoms with Gasteiger partial charge in [0.2, 0.25) is 0 Å². The molecule has 0 aliphatic carbocycles. The zero-order valence-electron chi connectivity index (χ0n) is 10.3. The highest BCUT2D eigenvalue weighted by atomic mass is 79.9. The highest BCUT2D eigenvalue weighted by Gasteiger charge is 2.12. The molecule has 4 N–H and O–H groups in total. The van der Waals surface area contributed by atoms with Gasteiger partial charge in [0.15, 0.2) is 0 Å². The van der Waals surface area contributed by atoms with Crippen LogP contribution < -0.4 is 11.1 Å². The van der Waals surface area contributed by atoms with E-state index in [4.69, 9.17) is 5.73 Å². The minimum absolute atomic E-state index is 0.0228. The zero-order chi connectivity index (χ0) is 14.0. The lowest BCUT2D eigenvalue weighted by Gasteiger charge is -2.10. The number of hydrogen-bond acceptors (Lipinski definition) is 3. The number of amides is 1. The number of nitrogens with two attached hydrogens (primary N) is 1. The molecule has 98 valence electrons. The first kappa shape index (κ1) is 13.4. The lowest BCUT2D eigenvalue weighted by atomic mass is 10.1. The van der Waals surface area contributed by atoms with Crippen molar-refractivity contribution in [3.05, 3.63) is 52.0 Å². The number of carbonyl (C=O) groups excluding carboxylic acids is 1. The minimum atomic E-state index is -0.356. The smallest absolute Gasteiger partial charge is 0.257 e. The maximum Gasteiger partial charge on any atom is 0.257 e. The van der Waals surface area contributed by atoms with E-state index in [2.05, 4.69) is 21.2 Å². The van der Waals surface area contributed by atoms with Crippen LogP contribution in [-0.2, 0) is 0 Å². The maximum atomic E-state index is 12.1. The van der Waals surface area contributed by atoms with Crippen LogP contribution in [0.25, 0.3) is 0 Å². The van der Waals surface area contributed by atoms with Gasteiger partial charge in [0.05, 0.1) is 11.3 Å². The molecule has 0 saturated carbocycles. The molecule has 2 aromatic rings. The molecule has 19 heavy (non-hydrogen) atoms. The lowest BCUT2D eigenvalue weighted by Crippen LogP contribution is -2.14. The van der Waals surface area contributed by atoms with E-state index in [-0.39, 0.29) is 11.7 Å². The van der Waals surface area contributed by atoms with Gasteiger partial charge >= 0.3 is 0 Å². The van der Waals surface area contributed by atoms with Crippen LogP contribution in [0.5, 0.6) is 5.75 Å². The fraction of sp³-hybridized carbons (Fsp3) is 0.0714. The first-order valence-corrected chi connectivity index (χ1v) is 6.42. The van der Waals surface area contributed by atoms with Gasteiger partial charge in [-0.3, -0.25) is 4.79 Å². The molecule has 0 aliphatic rings. The second kappa shape index (κ2) is 5.32. The molecule has 0 bridgehead atoms. The number of carbonyl (C=O) groups is 1. The molecule has 0 radical (unpaired) electrons. The van der Waals surface area contributed by atoms with E-state index in [0.29, 0.717) is 16.9 Å². The van der Waals surface area contributed by atoms with Gasteiger partial charge in [-0.05, 0) is 42.8 Å². The number of rotatable bonds is 2. The summed E-state index contributed by atoms with van der Waals surface area (Å²) in [5.74, 6) is -0.333. The number of phenols is 1. The van der Waals surface area contributed by atoms with Crippen LogP contribution in [0.4, 0.5) is 11.4 Å². The molecule has 0 saturated heterocycles. The largest absolute Gasteiger partial charge is 0.506 e. The van der Waals surface area contributed by atoms with Gasteiger partial charge in [-0.15, -0.1) is 0 Å². The van der Waals surface area contributed by atoms with Crippen molar-refractivity contribution in [2.24, 2.45) is 0 Å². The average Bonchev–Trinajstić information content (AvgIpc) is 2.33. The van der Waals surface area contributed by atoms with Crippen molar-refractivity contribution in [2.75, 3.05) is 11.1 Å².